The third kappa shape index (κ3) is 1.87. The van der Waals surface area contributed by atoms with Crippen LogP contribution in [0.2, 0.25) is 0 Å². The number of rotatable bonds is 2. The maximum Gasteiger partial charge on any atom is 0.258 e. The summed E-state index contributed by atoms with van der Waals surface area (Å²) in [6.45, 7) is 2.03. The van der Waals surface area contributed by atoms with Crippen LogP contribution in [-0.2, 0) is 4.79 Å². The zero-order valence-corrected chi connectivity index (χ0v) is 11.1. The molecule has 0 aliphatic carbocycles. The van der Waals surface area contributed by atoms with Gasteiger partial charge in [0.1, 0.15) is 0 Å². The van der Waals surface area contributed by atoms with E-state index in [2.05, 4.69) is 5.32 Å². The highest BCUT2D eigenvalue weighted by Gasteiger charge is 2.26. The highest BCUT2D eigenvalue weighted by Crippen LogP contribution is 2.40. The van der Waals surface area contributed by atoms with E-state index < -0.39 is 0 Å². The van der Waals surface area contributed by atoms with Crippen LogP contribution >= 0.6 is 23.5 Å². The zero-order valence-electron chi connectivity index (χ0n) is 9.46. The maximum absolute atomic E-state index is 11.9. The van der Waals surface area contributed by atoms with Crippen LogP contribution in [0.1, 0.15) is 11.1 Å². The van der Waals surface area contributed by atoms with Gasteiger partial charge in [-0.05, 0) is 31.1 Å². The van der Waals surface area contributed by atoms with E-state index in [1.165, 1.54) is 0 Å². The Morgan fingerprint density at radius 1 is 1.25 bits per heavy atom. The number of nitrogens with one attached hydrogen (secondary N) is 1. The minimum absolute atomic E-state index is 0.0132. The maximum atomic E-state index is 11.9. The molecule has 1 aromatic carbocycles. The Labute approximate surface area is 104 Å². The van der Waals surface area contributed by atoms with Gasteiger partial charge >= 0.3 is 0 Å². The molecule has 1 aliphatic heterocycles. The molecule has 4 heteroatoms. The molecule has 84 valence electrons. The summed E-state index contributed by atoms with van der Waals surface area (Å²) >= 11 is 3.24. The van der Waals surface area contributed by atoms with Crippen molar-refractivity contribution in [3.63, 3.8) is 0 Å². The molecule has 0 bridgehead atoms. The molecule has 1 N–H and O–H groups in total. The smallest absolute Gasteiger partial charge is 0.258 e. The number of benzene rings is 1. The lowest BCUT2D eigenvalue weighted by atomic mass is 10.1. The predicted octanol–water partition coefficient (Wildman–Crippen LogP) is 3.34. The molecule has 1 heterocycles. The van der Waals surface area contributed by atoms with Gasteiger partial charge in [-0.25, -0.2) is 0 Å². The van der Waals surface area contributed by atoms with Gasteiger partial charge in [0.2, 0.25) is 0 Å². The van der Waals surface area contributed by atoms with Crippen LogP contribution in [0.4, 0.5) is 5.69 Å². The molecule has 16 heavy (non-hydrogen) atoms. The van der Waals surface area contributed by atoms with Crippen LogP contribution in [0, 0.1) is 6.92 Å². The molecule has 0 atom stereocenters. The zero-order chi connectivity index (χ0) is 11.7. The molecular weight excluding hydrogens is 238 g/mol. The van der Waals surface area contributed by atoms with Gasteiger partial charge in [0, 0.05) is 11.3 Å². The lowest BCUT2D eigenvalue weighted by molar-refractivity contribution is -0.110. The number of fused-ring (bicyclic) bond motifs is 1. The number of hydrogen-bond acceptors (Lipinski definition) is 3. The van der Waals surface area contributed by atoms with E-state index in [0.29, 0.717) is 0 Å². The molecule has 0 fully saturated rings. The van der Waals surface area contributed by atoms with Gasteiger partial charge < -0.3 is 5.32 Å². The third-order valence-electron chi connectivity index (χ3n) is 2.49. The number of thioether (sulfide) groups is 2. The van der Waals surface area contributed by atoms with Crippen molar-refractivity contribution in [3.8, 4) is 0 Å². The van der Waals surface area contributed by atoms with Crippen molar-refractivity contribution >= 4 is 40.7 Å². The van der Waals surface area contributed by atoms with Gasteiger partial charge in [-0.2, -0.15) is 0 Å². The summed E-state index contributed by atoms with van der Waals surface area (Å²) < 4.78 is 1.07. The summed E-state index contributed by atoms with van der Waals surface area (Å²) in [7, 11) is 0. The highest BCUT2D eigenvalue weighted by atomic mass is 32.2. The minimum Gasteiger partial charge on any atom is -0.321 e. The third-order valence-corrected chi connectivity index (χ3v) is 4.64. The first-order valence-corrected chi connectivity index (χ1v) is 7.37. The Kier molecular flexibility index (Phi) is 3.30. The van der Waals surface area contributed by atoms with Gasteiger partial charge in [0.05, 0.1) is 9.81 Å². The van der Waals surface area contributed by atoms with E-state index in [-0.39, 0.29) is 5.91 Å². The van der Waals surface area contributed by atoms with Gasteiger partial charge in [-0.15, -0.1) is 23.5 Å². The van der Waals surface area contributed by atoms with E-state index in [0.717, 1.165) is 26.6 Å². The van der Waals surface area contributed by atoms with Crippen LogP contribution in [0.3, 0.4) is 0 Å². The van der Waals surface area contributed by atoms with Crippen LogP contribution in [0.15, 0.2) is 22.4 Å². The fraction of sp³-hybridized carbons (Fsp3) is 0.250. The van der Waals surface area contributed by atoms with Gasteiger partial charge in [0.25, 0.3) is 5.91 Å². The second-order valence-corrected chi connectivity index (χ2v) is 5.47. The summed E-state index contributed by atoms with van der Waals surface area (Å²) in [4.78, 5) is 11.9. The van der Waals surface area contributed by atoms with E-state index in [1.54, 1.807) is 23.5 Å². The number of aryl methyl sites for hydroxylation is 1. The highest BCUT2D eigenvalue weighted by molar-refractivity contribution is 8.22. The summed E-state index contributed by atoms with van der Waals surface area (Å²) in [5.41, 5.74) is 3.93. The van der Waals surface area contributed by atoms with Crippen molar-refractivity contribution in [3.05, 3.63) is 33.6 Å². The summed E-state index contributed by atoms with van der Waals surface area (Å²) in [6, 6.07) is 6.07. The summed E-state index contributed by atoms with van der Waals surface area (Å²) in [5.74, 6) is 0.0132. The van der Waals surface area contributed by atoms with Crippen LogP contribution in [0.25, 0.3) is 5.57 Å². The first-order valence-electron chi connectivity index (χ1n) is 4.92. The molecule has 0 aromatic heterocycles. The molecule has 2 nitrogen and oxygen atoms in total. The lowest BCUT2D eigenvalue weighted by Crippen LogP contribution is -2.04. The molecule has 0 unspecified atom stereocenters. The monoisotopic (exact) mass is 251 g/mol. The standard InChI is InChI=1S/C12H13NOS2/c1-7-4-5-8-9(6-7)13-11(14)10(8)12(15-2)16-3/h4-6H,1-3H3,(H,13,14). The van der Waals surface area contributed by atoms with Crippen molar-refractivity contribution < 1.29 is 4.79 Å². The Balaban J connectivity index is 2.60. The topological polar surface area (TPSA) is 29.1 Å². The number of amides is 1. The quantitative estimate of drug-likeness (QED) is 0.817. The summed E-state index contributed by atoms with van der Waals surface area (Å²) in [5, 5.41) is 2.91. The van der Waals surface area contributed by atoms with E-state index in [9.17, 15) is 4.79 Å². The first kappa shape index (κ1) is 11.6. The predicted molar refractivity (Wildman–Crippen MR) is 73.8 cm³/mol. The lowest BCUT2D eigenvalue weighted by Gasteiger charge is -2.04. The second kappa shape index (κ2) is 4.55. The second-order valence-electron chi connectivity index (χ2n) is 3.57. The molecule has 1 amide bonds. The fourth-order valence-electron chi connectivity index (χ4n) is 1.78. The molecule has 0 spiro atoms. The SMILES string of the molecule is CSC(SC)=C1C(=O)Nc2cc(C)ccc21. The number of anilines is 1. The van der Waals surface area contributed by atoms with Crippen LogP contribution in [-0.4, -0.2) is 18.4 Å². The van der Waals surface area contributed by atoms with Crippen molar-refractivity contribution in [1.29, 1.82) is 0 Å². The molecule has 2 rings (SSSR count). The normalized spacial score (nSPS) is 13.7. The largest absolute Gasteiger partial charge is 0.321 e. The van der Waals surface area contributed by atoms with E-state index in [4.69, 9.17) is 0 Å². The molecule has 0 saturated heterocycles. The number of hydrogen-bond donors (Lipinski definition) is 1. The first-order chi connectivity index (χ1) is 7.67. The van der Waals surface area contributed by atoms with Gasteiger partial charge in [0.15, 0.2) is 0 Å². The number of carbonyl (C=O) groups excluding carboxylic acids is 1. The van der Waals surface area contributed by atoms with E-state index >= 15 is 0 Å². The average molecular weight is 251 g/mol. The Bertz CT molecular complexity index is 474. The van der Waals surface area contributed by atoms with E-state index in [1.807, 2.05) is 37.6 Å². The Morgan fingerprint density at radius 3 is 2.56 bits per heavy atom. The minimum atomic E-state index is 0.0132. The van der Waals surface area contributed by atoms with Crippen LogP contribution in [0.5, 0.6) is 0 Å². The van der Waals surface area contributed by atoms with Crippen molar-refractivity contribution in [2.45, 2.75) is 6.92 Å². The fourth-order valence-corrected chi connectivity index (χ4v) is 3.26. The van der Waals surface area contributed by atoms with Crippen molar-refractivity contribution in [1.82, 2.24) is 0 Å². The molecule has 1 aromatic rings. The molecule has 0 radical (unpaired) electrons. The van der Waals surface area contributed by atoms with Crippen molar-refractivity contribution in [2.75, 3.05) is 17.8 Å². The van der Waals surface area contributed by atoms with Gasteiger partial charge in [-0.3, -0.25) is 4.79 Å². The Morgan fingerprint density at radius 2 is 1.94 bits per heavy atom. The average Bonchev–Trinajstić information content (AvgIpc) is 2.57. The number of carbonyl (C=O) groups is 1. The van der Waals surface area contributed by atoms with Crippen molar-refractivity contribution in [2.24, 2.45) is 0 Å². The summed E-state index contributed by atoms with van der Waals surface area (Å²) in [6.07, 6.45) is 4.00. The van der Waals surface area contributed by atoms with Gasteiger partial charge in [-0.1, -0.05) is 12.1 Å². The molecule has 0 saturated carbocycles. The molecular formula is C12H13NOS2. The van der Waals surface area contributed by atoms with Crippen LogP contribution < -0.4 is 5.32 Å². The molecule has 1 aliphatic rings. The Hall–Kier alpha value is -0.870.